The Kier molecular flexibility index (Phi) is 7.28. The van der Waals surface area contributed by atoms with Crippen LogP contribution in [0.25, 0.3) is 5.69 Å². The van der Waals surface area contributed by atoms with E-state index >= 15 is 0 Å². The maximum atomic E-state index is 6.53. The highest BCUT2D eigenvalue weighted by Crippen LogP contribution is 2.44. The molecule has 6 rings (SSSR count). The molecule has 7 heteroatoms. The molecule has 5 aromatic rings. The fourth-order valence-corrected chi connectivity index (χ4v) is 6.18. The second-order valence-corrected chi connectivity index (χ2v) is 11.2. The maximum Gasteiger partial charge on any atom is 0.174 e. The molecule has 2 atom stereocenters. The Morgan fingerprint density at radius 1 is 0.854 bits per heavy atom. The van der Waals surface area contributed by atoms with Crippen molar-refractivity contribution >= 4 is 34.6 Å². The van der Waals surface area contributed by atoms with Gasteiger partial charge in [-0.05, 0) is 118 Å². The van der Waals surface area contributed by atoms with Gasteiger partial charge in [0.15, 0.2) is 5.11 Å². The molecule has 0 radical (unpaired) electrons. The third-order valence-corrected chi connectivity index (χ3v) is 8.46. The van der Waals surface area contributed by atoms with E-state index in [4.69, 9.17) is 33.5 Å². The van der Waals surface area contributed by atoms with Crippen LogP contribution in [0.2, 0.25) is 5.02 Å². The van der Waals surface area contributed by atoms with Crippen molar-refractivity contribution in [3.63, 3.8) is 0 Å². The van der Waals surface area contributed by atoms with Crippen LogP contribution in [0.1, 0.15) is 45.9 Å². The number of pyridine rings is 1. The maximum absolute atomic E-state index is 6.53. The van der Waals surface area contributed by atoms with E-state index in [1.807, 2.05) is 66.9 Å². The molecule has 2 unspecified atom stereocenters. The molecule has 0 bridgehead atoms. The van der Waals surface area contributed by atoms with Crippen molar-refractivity contribution < 1.29 is 4.74 Å². The molecule has 1 aliphatic heterocycles. The number of halogens is 1. The van der Waals surface area contributed by atoms with Crippen molar-refractivity contribution in [3.8, 4) is 17.2 Å². The van der Waals surface area contributed by atoms with Gasteiger partial charge < -0.3 is 19.5 Å². The molecule has 41 heavy (non-hydrogen) atoms. The number of benzene rings is 3. The zero-order chi connectivity index (χ0) is 28.7. The van der Waals surface area contributed by atoms with E-state index in [2.05, 4.69) is 72.8 Å². The number of nitrogens with one attached hydrogen (secondary N) is 1. The Labute approximate surface area is 251 Å². The van der Waals surface area contributed by atoms with Gasteiger partial charge in [0.05, 0.1) is 17.8 Å². The quantitative estimate of drug-likeness (QED) is 0.204. The van der Waals surface area contributed by atoms with Crippen molar-refractivity contribution in [2.75, 3.05) is 4.90 Å². The lowest BCUT2D eigenvalue weighted by molar-refractivity contribution is 0.482. The van der Waals surface area contributed by atoms with Crippen LogP contribution in [0, 0.1) is 27.7 Å². The number of ether oxygens (including phenoxy) is 1. The molecule has 1 fully saturated rings. The highest BCUT2D eigenvalue weighted by atomic mass is 35.5. The molecule has 3 heterocycles. The second kappa shape index (κ2) is 11.0. The largest absolute Gasteiger partial charge is 0.457 e. The highest BCUT2D eigenvalue weighted by molar-refractivity contribution is 7.80. The summed E-state index contributed by atoms with van der Waals surface area (Å²) in [5.74, 6) is 1.57. The van der Waals surface area contributed by atoms with Crippen molar-refractivity contribution in [2.24, 2.45) is 0 Å². The Hall–Kier alpha value is -4.13. The summed E-state index contributed by atoms with van der Waals surface area (Å²) in [7, 11) is 0. The zero-order valence-corrected chi connectivity index (χ0v) is 25.0. The minimum absolute atomic E-state index is 0.124. The van der Waals surface area contributed by atoms with E-state index in [1.165, 1.54) is 11.1 Å². The number of hydrogen-bond donors (Lipinski definition) is 1. The minimum Gasteiger partial charge on any atom is -0.457 e. The van der Waals surface area contributed by atoms with Gasteiger partial charge in [-0.25, -0.2) is 0 Å². The topological polar surface area (TPSA) is 42.3 Å². The van der Waals surface area contributed by atoms with Crippen LogP contribution in [-0.2, 0) is 0 Å². The predicted octanol–water partition coefficient (Wildman–Crippen LogP) is 8.73. The van der Waals surface area contributed by atoms with Crippen LogP contribution in [0.15, 0.2) is 97.2 Å². The molecule has 1 aliphatic rings. The van der Waals surface area contributed by atoms with E-state index in [9.17, 15) is 0 Å². The fourth-order valence-electron chi connectivity index (χ4n) is 5.66. The molecular formula is C34H31ClN4OS. The van der Waals surface area contributed by atoms with Gasteiger partial charge in [0.2, 0.25) is 0 Å². The van der Waals surface area contributed by atoms with Gasteiger partial charge in [-0.15, -0.1) is 0 Å². The lowest BCUT2D eigenvalue weighted by Gasteiger charge is -2.28. The SMILES string of the molecule is Cc1ccc(Oc2ccc(N3C(=S)NC(c4ccccn4)C3c3cc(C)n(-c4cccc(Cl)c4C)c3C)cc2)cc1. The molecule has 2 aromatic heterocycles. The molecule has 1 N–H and O–H groups in total. The van der Waals surface area contributed by atoms with Gasteiger partial charge in [-0.1, -0.05) is 41.4 Å². The predicted molar refractivity (Wildman–Crippen MR) is 171 cm³/mol. The first-order valence-corrected chi connectivity index (χ1v) is 14.4. The molecule has 0 spiro atoms. The summed E-state index contributed by atoms with van der Waals surface area (Å²) in [4.78, 5) is 6.91. The number of aryl methyl sites for hydroxylation is 2. The van der Waals surface area contributed by atoms with Crippen LogP contribution in [0.3, 0.4) is 0 Å². The first-order chi connectivity index (χ1) is 19.8. The van der Waals surface area contributed by atoms with Gasteiger partial charge >= 0.3 is 0 Å². The average molecular weight is 579 g/mol. The van der Waals surface area contributed by atoms with Crippen LogP contribution < -0.4 is 15.0 Å². The molecule has 206 valence electrons. The van der Waals surface area contributed by atoms with E-state index in [0.717, 1.165) is 50.5 Å². The van der Waals surface area contributed by atoms with Crippen LogP contribution in [0.5, 0.6) is 11.5 Å². The van der Waals surface area contributed by atoms with Crippen LogP contribution in [0.4, 0.5) is 5.69 Å². The van der Waals surface area contributed by atoms with Crippen molar-refractivity contribution in [3.05, 3.63) is 136 Å². The van der Waals surface area contributed by atoms with E-state index < -0.39 is 0 Å². The summed E-state index contributed by atoms with van der Waals surface area (Å²) in [5.41, 5.74) is 8.66. The molecule has 5 nitrogen and oxygen atoms in total. The molecule has 0 saturated carbocycles. The Morgan fingerprint density at radius 3 is 2.24 bits per heavy atom. The summed E-state index contributed by atoms with van der Waals surface area (Å²) in [6, 6.07) is 30.2. The Morgan fingerprint density at radius 2 is 1.56 bits per heavy atom. The standard InChI is InChI=1S/C34H31ClN4OS/c1-21-11-15-26(16-12-21)40-27-17-13-25(14-18-27)39-33(32(37-34(39)41)30-9-5-6-19-36-30)28-20-22(2)38(24(28)4)31-10-7-8-29(35)23(31)3/h5-20,32-33H,1-4H3,(H,37,41). The van der Waals surface area contributed by atoms with Gasteiger partial charge in [0.1, 0.15) is 11.5 Å². The lowest BCUT2D eigenvalue weighted by atomic mass is 9.96. The summed E-state index contributed by atoms with van der Waals surface area (Å²) >= 11 is 12.5. The summed E-state index contributed by atoms with van der Waals surface area (Å²) in [6.07, 6.45) is 1.83. The average Bonchev–Trinajstić information content (AvgIpc) is 3.47. The first-order valence-electron chi connectivity index (χ1n) is 13.6. The smallest absolute Gasteiger partial charge is 0.174 e. The zero-order valence-electron chi connectivity index (χ0n) is 23.4. The number of hydrogen-bond acceptors (Lipinski definition) is 3. The highest BCUT2D eigenvalue weighted by Gasteiger charge is 2.42. The first kappa shape index (κ1) is 27.1. The summed E-state index contributed by atoms with van der Waals surface area (Å²) in [6.45, 7) is 8.42. The van der Waals surface area contributed by atoms with Crippen LogP contribution >= 0.6 is 23.8 Å². The third-order valence-electron chi connectivity index (χ3n) is 7.74. The molecular weight excluding hydrogens is 548 g/mol. The van der Waals surface area contributed by atoms with Gasteiger partial charge in [-0.3, -0.25) is 4.98 Å². The van der Waals surface area contributed by atoms with Crippen molar-refractivity contribution in [1.82, 2.24) is 14.9 Å². The van der Waals surface area contributed by atoms with Crippen molar-refractivity contribution in [2.45, 2.75) is 39.8 Å². The molecule has 0 amide bonds. The lowest BCUT2D eigenvalue weighted by Crippen LogP contribution is -2.29. The van der Waals surface area contributed by atoms with Gasteiger partial charge in [-0.2, -0.15) is 0 Å². The minimum atomic E-state index is -0.137. The number of thiocarbonyl (C=S) groups is 1. The normalized spacial score (nSPS) is 16.6. The van der Waals surface area contributed by atoms with E-state index in [-0.39, 0.29) is 12.1 Å². The molecule has 3 aromatic carbocycles. The fraction of sp³-hybridized carbons (Fsp3) is 0.176. The number of anilines is 1. The summed E-state index contributed by atoms with van der Waals surface area (Å²) < 4.78 is 8.38. The molecule has 0 aliphatic carbocycles. The van der Waals surface area contributed by atoms with E-state index in [1.54, 1.807) is 0 Å². The van der Waals surface area contributed by atoms with E-state index in [0.29, 0.717) is 5.11 Å². The Bertz CT molecular complexity index is 1710. The number of nitrogens with zero attached hydrogens (tertiary/aromatic N) is 3. The van der Waals surface area contributed by atoms with Gasteiger partial charge in [0.25, 0.3) is 0 Å². The molecule has 1 saturated heterocycles. The van der Waals surface area contributed by atoms with Gasteiger partial charge in [0, 0.05) is 34.0 Å². The number of rotatable bonds is 6. The Balaban J connectivity index is 1.42. The van der Waals surface area contributed by atoms with Crippen LogP contribution in [-0.4, -0.2) is 14.7 Å². The summed E-state index contributed by atoms with van der Waals surface area (Å²) in [5, 5.41) is 4.98. The monoisotopic (exact) mass is 578 g/mol. The second-order valence-electron chi connectivity index (χ2n) is 10.5. The number of aromatic nitrogens is 2. The third kappa shape index (κ3) is 5.09. The van der Waals surface area contributed by atoms with Crippen molar-refractivity contribution in [1.29, 1.82) is 0 Å².